The van der Waals surface area contributed by atoms with Gasteiger partial charge in [-0.25, -0.2) is 4.68 Å². The number of hydrogen-bond donors (Lipinski definition) is 2. The van der Waals surface area contributed by atoms with E-state index in [0.29, 0.717) is 49.2 Å². The monoisotopic (exact) mass is 436 g/mol. The van der Waals surface area contributed by atoms with Crippen molar-refractivity contribution >= 4 is 29.5 Å². The van der Waals surface area contributed by atoms with Gasteiger partial charge in [0.05, 0.1) is 17.6 Å². The highest BCUT2D eigenvalue weighted by Crippen LogP contribution is 2.29. The number of aromatic nitrogens is 3. The van der Waals surface area contributed by atoms with E-state index in [1.165, 1.54) is 9.58 Å². The van der Waals surface area contributed by atoms with Gasteiger partial charge in [-0.1, -0.05) is 11.3 Å². The molecule has 0 bridgehead atoms. The Kier molecular flexibility index (Phi) is 4.80. The van der Waals surface area contributed by atoms with Gasteiger partial charge in [-0.15, -0.1) is 5.10 Å². The maximum Gasteiger partial charge on any atom is 0.255 e. The van der Waals surface area contributed by atoms with E-state index < -0.39 is 11.9 Å². The van der Waals surface area contributed by atoms with E-state index in [0.717, 1.165) is 5.56 Å². The summed E-state index contributed by atoms with van der Waals surface area (Å²) in [4.78, 5) is 61.3. The van der Waals surface area contributed by atoms with Crippen molar-refractivity contribution in [3.05, 3.63) is 41.2 Å². The van der Waals surface area contributed by atoms with Gasteiger partial charge in [0.25, 0.3) is 5.91 Å². The predicted octanol–water partition coefficient (Wildman–Crippen LogP) is -0.376. The van der Waals surface area contributed by atoms with Crippen molar-refractivity contribution in [1.29, 1.82) is 0 Å². The Morgan fingerprint density at radius 1 is 0.969 bits per heavy atom. The van der Waals surface area contributed by atoms with Gasteiger partial charge in [0, 0.05) is 37.3 Å². The average molecular weight is 436 g/mol. The van der Waals surface area contributed by atoms with Crippen LogP contribution in [0.3, 0.4) is 0 Å². The topological polar surface area (TPSA) is 143 Å². The van der Waals surface area contributed by atoms with Gasteiger partial charge >= 0.3 is 0 Å². The standard InChI is InChI=1S/C21H20N6O5/c28-17-5-2-11(19(30)22-17)7-13-10-27(25-24-13)14-3-1-12-9-26(21(32)15(12)8-14)16-4-6-18(29)23-20(16)31/h1,3,8,10-11,16H,2,4-7,9H2,(H,22,28,30)(H,23,29,31). The summed E-state index contributed by atoms with van der Waals surface area (Å²) in [5, 5.41) is 12.9. The summed E-state index contributed by atoms with van der Waals surface area (Å²) in [6.45, 7) is 0.304. The molecule has 2 atom stereocenters. The van der Waals surface area contributed by atoms with Crippen LogP contribution in [0.25, 0.3) is 5.69 Å². The zero-order valence-corrected chi connectivity index (χ0v) is 17.0. The summed E-state index contributed by atoms with van der Waals surface area (Å²) in [5.74, 6) is -1.92. The lowest BCUT2D eigenvalue weighted by Crippen LogP contribution is -2.52. The number of carbonyl (C=O) groups excluding carboxylic acids is 5. The molecule has 0 spiro atoms. The van der Waals surface area contributed by atoms with Crippen LogP contribution in [0, 0.1) is 5.92 Å². The van der Waals surface area contributed by atoms with E-state index in [4.69, 9.17) is 0 Å². The molecule has 2 unspecified atom stereocenters. The number of nitrogens with zero attached hydrogens (tertiary/aromatic N) is 4. The van der Waals surface area contributed by atoms with Crippen LogP contribution in [-0.4, -0.2) is 55.5 Å². The molecule has 0 saturated carbocycles. The molecule has 32 heavy (non-hydrogen) atoms. The number of rotatable bonds is 4. The Labute approximate surface area is 182 Å². The number of imide groups is 2. The van der Waals surface area contributed by atoms with Crippen molar-refractivity contribution < 1.29 is 24.0 Å². The Balaban J connectivity index is 1.32. The number of nitrogens with one attached hydrogen (secondary N) is 2. The fourth-order valence-corrected chi connectivity index (χ4v) is 4.39. The van der Waals surface area contributed by atoms with Crippen LogP contribution >= 0.6 is 0 Å². The van der Waals surface area contributed by atoms with Gasteiger partial charge < -0.3 is 4.90 Å². The molecular weight excluding hydrogens is 416 g/mol. The molecule has 0 aliphatic carbocycles. The minimum absolute atomic E-state index is 0.205. The highest BCUT2D eigenvalue weighted by molar-refractivity contribution is 6.05. The highest BCUT2D eigenvalue weighted by Gasteiger charge is 2.39. The van der Waals surface area contributed by atoms with Crippen LogP contribution < -0.4 is 10.6 Å². The zero-order chi connectivity index (χ0) is 22.4. The quantitative estimate of drug-likeness (QED) is 0.622. The SMILES string of the molecule is O=C1CCC(Cc2cn(-c3ccc4c(c3)C(=O)N(C3CCC(=O)NC3=O)C4)nn2)C(=O)N1. The maximum absolute atomic E-state index is 13.0. The first-order valence-electron chi connectivity index (χ1n) is 10.4. The molecule has 3 aliphatic heterocycles. The van der Waals surface area contributed by atoms with E-state index in [1.54, 1.807) is 12.3 Å². The van der Waals surface area contributed by atoms with Crippen molar-refractivity contribution in [2.75, 3.05) is 0 Å². The van der Waals surface area contributed by atoms with Crippen molar-refractivity contribution in [3.63, 3.8) is 0 Å². The molecule has 11 nitrogen and oxygen atoms in total. The minimum atomic E-state index is -0.664. The first-order valence-corrected chi connectivity index (χ1v) is 10.4. The Morgan fingerprint density at radius 2 is 1.72 bits per heavy atom. The zero-order valence-electron chi connectivity index (χ0n) is 17.0. The molecule has 2 fully saturated rings. The second-order valence-electron chi connectivity index (χ2n) is 8.25. The molecule has 2 N–H and O–H groups in total. The minimum Gasteiger partial charge on any atom is -0.322 e. The summed E-state index contributed by atoms with van der Waals surface area (Å²) in [6, 6.07) is 4.66. The van der Waals surface area contributed by atoms with E-state index >= 15 is 0 Å². The predicted molar refractivity (Wildman–Crippen MR) is 107 cm³/mol. The summed E-state index contributed by atoms with van der Waals surface area (Å²) in [5.41, 5.74) is 2.52. The van der Waals surface area contributed by atoms with E-state index in [-0.39, 0.29) is 36.0 Å². The molecular formula is C21H20N6O5. The van der Waals surface area contributed by atoms with Crippen LogP contribution in [0.15, 0.2) is 24.4 Å². The fraction of sp³-hybridized carbons (Fsp3) is 0.381. The molecule has 0 radical (unpaired) electrons. The van der Waals surface area contributed by atoms with Gasteiger partial charge in [0.2, 0.25) is 23.6 Å². The average Bonchev–Trinajstić information content (AvgIpc) is 3.35. The number of fused-ring (bicyclic) bond motifs is 1. The molecule has 11 heteroatoms. The second-order valence-corrected chi connectivity index (χ2v) is 8.25. The van der Waals surface area contributed by atoms with Gasteiger partial charge in [0.15, 0.2) is 0 Å². The van der Waals surface area contributed by atoms with E-state index in [2.05, 4.69) is 20.9 Å². The van der Waals surface area contributed by atoms with Crippen LogP contribution in [0.2, 0.25) is 0 Å². The van der Waals surface area contributed by atoms with E-state index in [9.17, 15) is 24.0 Å². The van der Waals surface area contributed by atoms with Crippen LogP contribution in [0.5, 0.6) is 0 Å². The smallest absolute Gasteiger partial charge is 0.255 e. The molecule has 5 rings (SSSR count). The Bertz CT molecular complexity index is 1170. The summed E-state index contributed by atoms with van der Waals surface area (Å²) in [7, 11) is 0. The third-order valence-corrected chi connectivity index (χ3v) is 6.13. The number of benzene rings is 1. The first-order chi connectivity index (χ1) is 15.4. The second kappa shape index (κ2) is 7.66. The normalized spacial score (nSPS) is 23.2. The molecule has 164 valence electrons. The number of carbonyl (C=O) groups is 5. The number of hydrogen-bond acceptors (Lipinski definition) is 7. The molecule has 4 heterocycles. The Morgan fingerprint density at radius 3 is 2.47 bits per heavy atom. The van der Waals surface area contributed by atoms with Crippen molar-refractivity contribution in [1.82, 2.24) is 30.5 Å². The van der Waals surface area contributed by atoms with Crippen molar-refractivity contribution in [2.24, 2.45) is 5.92 Å². The molecule has 1 aromatic heterocycles. The van der Waals surface area contributed by atoms with Gasteiger partial charge in [-0.05, 0) is 30.5 Å². The summed E-state index contributed by atoms with van der Waals surface area (Å²) in [6.07, 6.45) is 3.36. The molecule has 2 saturated heterocycles. The van der Waals surface area contributed by atoms with Crippen molar-refractivity contribution in [2.45, 2.75) is 44.7 Å². The highest BCUT2D eigenvalue weighted by atomic mass is 16.2. The third kappa shape index (κ3) is 3.55. The van der Waals surface area contributed by atoms with Gasteiger partial charge in [-0.2, -0.15) is 0 Å². The largest absolute Gasteiger partial charge is 0.322 e. The fourth-order valence-electron chi connectivity index (χ4n) is 4.39. The Hall–Kier alpha value is -3.89. The maximum atomic E-state index is 13.0. The van der Waals surface area contributed by atoms with Crippen molar-refractivity contribution in [3.8, 4) is 5.69 Å². The molecule has 5 amide bonds. The molecule has 1 aromatic carbocycles. The summed E-state index contributed by atoms with van der Waals surface area (Å²) >= 11 is 0. The first kappa shape index (κ1) is 20.0. The van der Waals surface area contributed by atoms with Crippen LogP contribution in [0.1, 0.15) is 47.3 Å². The number of piperidine rings is 2. The van der Waals surface area contributed by atoms with Crippen LogP contribution in [0.4, 0.5) is 0 Å². The molecule has 3 aliphatic rings. The third-order valence-electron chi connectivity index (χ3n) is 6.13. The lowest BCUT2D eigenvalue weighted by Gasteiger charge is -2.29. The molecule has 2 aromatic rings. The van der Waals surface area contributed by atoms with E-state index in [1.807, 2.05) is 12.1 Å². The lowest BCUT2D eigenvalue weighted by molar-refractivity contribution is -0.138. The van der Waals surface area contributed by atoms with Gasteiger partial charge in [-0.3, -0.25) is 34.6 Å². The van der Waals surface area contributed by atoms with Gasteiger partial charge in [0.1, 0.15) is 6.04 Å². The lowest BCUT2D eigenvalue weighted by atomic mass is 9.94. The number of amides is 5. The van der Waals surface area contributed by atoms with Crippen LogP contribution in [-0.2, 0) is 32.1 Å². The summed E-state index contributed by atoms with van der Waals surface area (Å²) < 4.78 is 1.53.